The highest BCUT2D eigenvalue weighted by Crippen LogP contribution is 2.48. The minimum absolute atomic E-state index is 0.0450. The highest BCUT2D eigenvalue weighted by atomic mass is 19.2. The summed E-state index contributed by atoms with van der Waals surface area (Å²) in [7, 11) is 2.87. The van der Waals surface area contributed by atoms with E-state index in [0.29, 0.717) is 18.6 Å². The average Bonchev–Trinajstić information content (AvgIpc) is 3.61. The zero-order valence-electron chi connectivity index (χ0n) is 22.2. The Morgan fingerprint density at radius 2 is 1.60 bits per heavy atom. The van der Waals surface area contributed by atoms with Gasteiger partial charge in [-0.15, -0.1) is 0 Å². The third kappa shape index (κ3) is 11.2. The Hall–Kier alpha value is -2.45. The van der Waals surface area contributed by atoms with Crippen LogP contribution in [-0.2, 0) is 0 Å². The molecule has 0 spiro atoms. The standard InChI is InChI=1S/C15H15F3N2O.C7H14O.C3H8O.C2H6/c1-8-4-5-11(9(16)6-8)20-15-13(18)10(17)7-12(21-3)14(15)19-2;1-7(4-5-7)3-2-6-8;1-2-3-4;1-2/h4-7,19-20H,1-3H3;8H,2-6H2,1H3;4H,2-3H2,1H3;1-2H3. The van der Waals surface area contributed by atoms with E-state index in [0.717, 1.165) is 24.5 Å². The van der Waals surface area contributed by atoms with Crippen molar-refractivity contribution < 1.29 is 28.1 Å². The molecule has 1 aliphatic carbocycles. The van der Waals surface area contributed by atoms with Crippen molar-refractivity contribution in [3.05, 3.63) is 47.3 Å². The number of aliphatic hydroxyl groups is 2. The van der Waals surface area contributed by atoms with Crippen LogP contribution < -0.4 is 15.4 Å². The van der Waals surface area contributed by atoms with Crippen LogP contribution in [0.1, 0.15) is 65.4 Å². The molecule has 0 saturated heterocycles. The summed E-state index contributed by atoms with van der Waals surface area (Å²) < 4.78 is 46.5. The van der Waals surface area contributed by atoms with Gasteiger partial charge in [0.15, 0.2) is 11.6 Å². The van der Waals surface area contributed by atoms with Gasteiger partial charge < -0.3 is 25.6 Å². The lowest BCUT2D eigenvalue weighted by Gasteiger charge is -2.17. The minimum Gasteiger partial charge on any atom is -0.494 e. The third-order valence-electron chi connectivity index (χ3n) is 5.30. The number of ether oxygens (including phenoxy) is 1. The quantitative estimate of drug-likeness (QED) is 0.309. The van der Waals surface area contributed by atoms with E-state index >= 15 is 0 Å². The number of benzene rings is 2. The third-order valence-corrected chi connectivity index (χ3v) is 5.30. The van der Waals surface area contributed by atoms with Crippen molar-refractivity contribution in [2.75, 3.05) is 38.0 Å². The molecule has 200 valence electrons. The van der Waals surface area contributed by atoms with Gasteiger partial charge in [0.05, 0.1) is 12.8 Å². The maximum atomic E-state index is 14.0. The first-order valence-corrected chi connectivity index (χ1v) is 12.1. The molecule has 0 heterocycles. The van der Waals surface area contributed by atoms with Gasteiger partial charge in [-0.05, 0) is 62.1 Å². The van der Waals surface area contributed by atoms with Crippen molar-refractivity contribution in [3.8, 4) is 5.75 Å². The van der Waals surface area contributed by atoms with Crippen LogP contribution in [0.5, 0.6) is 5.75 Å². The number of aryl methyl sites for hydroxylation is 1. The lowest BCUT2D eigenvalue weighted by Crippen LogP contribution is -2.05. The van der Waals surface area contributed by atoms with E-state index in [1.807, 2.05) is 20.8 Å². The summed E-state index contributed by atoms with van der Waals surface area (Å²) >= 11 is 0. The second-order valence-corrected chi connectivity index (χ2v) is 8.34. The fourth-order valence-corrected chi connectivity index (χ4v) is 2.95. The van der Waals surface area contributed by atoms with Crippen LogP contribution in [0, 0.1) is 29.8 Å². The zero-order valence-corrected chi connectivity index (χ0v) is 22.2. The predicted octanol–water partition coefficient (Wildman–Crippen LogP) is 7.18. The van der Waals surface area contributed by atoms with Gasteiger partial charge in [-0.25, -0.2) is 13.2 Å². The van der Waals surface area contributed by atoms with Gasteiger partial charge in [0.25, 0.3) is 0 Å². The van der Waals surface area contributed by atoms with Gasteiger partial charge >= 0.3 is 0 Å². The predicted molar refractivity (Wildman–Crippen MR) is 139 cm³/mol. The minimum atomic E-state index is -1.11. The molecule has 0 aliphatic heterocycles. The van der Waals surface area contributed by atoms with E-state index in [1.165, 1.54) is 45.6 Å². The molecule has 0 aromatic heterocycles. The lowest BCUT2D eigenvalue weighted by molar-refractivity contribution is 0.270. The monoisotopic (exact) mass is 500 g/mol. The highest BCUT2D eigenvalue weighted by molar-refractivity contribution is 5.80. The summed E-state index contributed by atoms with van der Waals surface area (Å²) in [4.78, 5) is 0. The second kappa shape index (κ2) is 17.1. The van der Waals surface area contributed by atoms with Crippen molar-refractivity contribution in [1.82, 2.24) is 0 Å². The van der Waals surface area contributed by atoms with E-state index in [1.54, 1.807) is 13.0 Å². The van der Waals surface area contributed by atoms with E-state index in [4.69, 9.17) is 14.9 Å². The Labute approximate surface area is 208 Å². The number of hydrogen-bond donors (Lipinski definition) is 4. The number of rotatable bonds is 8. The van der Waals surface area contributed by atoms with E-state index in [9.17, 15) is 13.2 Å². The number of halogens is 3. The molecule has 2 aromatic carbocycles. The van der Waals surface area contributed by atoms with E-state index in [-0.39, 0.29) is 22.8 Å². The molecule has 3 rings (SSSR count). The first-order chi connectivity index (χ1) is 16.7. The normalized spacial score (nSPS) is 12.6. The number of aliphatic hydroxyl groups excluding tert-OH is 2. The molecule has 1 saturated carbocycles. The Bertz CT molecular complexity index is 873. The molecule has 8 heteroatoms. The molecule has 0 unspecified atom stereocenters. The summed E-state index contributed by atoms with van der Waals surface area (Å²) in [6.07, 6.45) is 5.86. The molecule has 0 radical (unpaired) electrons. The molecule has 4 N–H and O–H groups in total. The van der Waals surface area contributed by atoms with Crippen LogP contribution >= 0.6 is 0 Å². The lowest BCUT2D eigenvalue weighted by atomic mass is 10.0. The summed E-state index contributed by atoms with van der Waals surface area (Å²) in [6, 6.07) is 5.35. The van der Waals surface area contributed by atoms with Crippen molar-refractivity contribution in [1.29, 1.82) is 0 Å². The topological polar surface area (TPSA) is 73.8 Å². The van der Waals surface area contributed by atoms with Crippen LogP contribution in [0.15, 0.2) is 24.3 Å². The van der Waals surface area contributed by atoms with Gasteiger partial charge in [0, 0.05) is 26.3 Å². The zero-order chi connectivity index (χ0) is 27.0. The second-order valence-electron chi connectivity index (χ2n) is 8.34. The Morgan fingerprint density at radius 3 is 2.03 bits per heavy atom. The molecule has 0 atom stereocenters. The Balaban J connectivity index is 0.000000678. The molecule has 1 aliphatic rings. The van der Waals surface area contributed by atoms with Gasteiger partial charge in [-0.3, -0.25) is 0 Å². The van der Waals surface area contributed by atoms with Crippen LogP contribution in [0.3, 0.4) is 0 Å². The average molecular weight is 501 g/mol. The van der Waals surface area contributed by atoms with Gasteiger partial charge in [0.2, 0.25) is 0 Å². The Morgan fingerprint density at radius 1 is 1.00 bits per heavy atom. The SMILES string of the molecule is CC.CC1(CCCO)CC1.CCCO.CNc1c(OC)cc(F)c(F)c1Nc1ccc(C)cc1F. The number of methoxy groups -OCH3 is 1. The maximum Gasteiger partial charge on any atom is 0.184 e. The molecular weight excluding hydrogens is 457 g/mol. The van der Waals surface area contributed by atoms with E-state index < -0.39 is 17.5 Å². The molecule has 35 heavy (non-hydrogen) atoms. The van der Waals surface area contributed by atoms with Gasteiger partial charge in [0.1, 0.15) is 22.9 Å². The van der Waals surface area contributed by atoms with Crippen LogP contribution in [0.25, 0.3) is 0 Å². The van der Waals surface area contributed by atoms with Gasteiger partial charge in [-0.1, -0.05) is 33.8 Å². The molecule has 0 bridgehead atoms. The first-order valence-electron chi connectivity index (χ1n) is 12.1. The van der Waals surface area contributed by atoms with Crippen LogP contribution in [0.2, 0.25) is 0 Å². The van der Waals surface area contributed by atoms with Crippen LogP contribution in [0.4, 0.5) is 30.2 Å². The fraction of sp³-hybridized carbons (Fsp3) is 0.556. The fourth-order valence-electron chi connectivity index (χ4n) is 2.95. The summed E-state index contributed by atoms with van der Waals surface area (Å²) in [6.45, 7) is 10.6. The maximum absolute atomic E-state index is 14.0. The largest absolute Gasteiger partial charge is 0.494 e. The smallest absolute Gasteiger partial charge is 0.184 e. The van der Waals surface area contributed by atoms with Gasteiger partial charge in [-0.2, -0.15) is 0 Å². The number of anilines is 3. The van der Waals surface area contributed by atoms with Crippen molar-refractivity contribution in [3.63, 3.8) is 0 Å². The highest BCUT2D eigenvalue weighted by Gasteiger charge is 2.35. The molecule has 2 aromatic rings. The van der Waals surface area contributed by atoms with E-state index in [2.05, 4.69) is 17.6 Å². The summed E-state index contributed by atoms with van der Waals surface area (Å²) in [5.74, 6) is -2.63. The molecular formula is C27H43F3N2O3. The van der Waals surface area contributed by atoms with Crippen molar-refractivity contribution in [2.45, 2.75) is 66.7 Å². The number of hydrogen-bond acceptors (Lipinski definition) is 5. The van der Waals surface area contributed by atoms with Crippen LogP contribution in [-0.4, -0.2) is 37.6 Å². The molecule has 1 fully saturated rings. The molecule has 5 nitrogen and oxygen atoms in total. The summed E-state index contributed by atoms with van der Waals surface area (Å²) in [5.41, 5.74) is 1.41. The van der Waals surface area contributed by atoms with Crippen molar-refractivity contribution >= 4 is 17.1 Å². The van der Waals surface area contributed by atoms with Crippen molar-refractivity contribution in [2.24, 2.45) is 5.41 Å². The number of nitrogens with one attached hydrogen (secondary N) is 2. The first kappa shape index (κ1) is 32.5. The molecule has 0 amide bonds. The Kier molecular flexibility index (Phi) is 15.9. The summed E-state index contributed by atoms with van der Waals surface area (Å²) in [5, 5.41) is 21.6.